The molecule has 16 rings (SSSR count). The lowest BCUT2D eigenvalue weighted by Gasteiger charge is -2.33. The molecule has 0 fully saturated rings. The first-order valence-electron chi connectivity index (χ1n) is 25.4. The van der Waals surface area contributed by atoms with Gasteiger partial charge in [0.2, 0.25) is 0 Å². The van der Waals surface area contributed by atoms with Gasteiger partial charge >= 0.3 is 0 Å². The van der Waals surface area contributed by atoms with Crippen LogP contribution in [0.25, 0.3) is 77.2 Å². The summed E-state index contributed by atoms with van der Waals surface area (Å²) < 4.78 is 7.49. The van der Waals surface area contributed by atoms with Gasteiger partial charge in [-0.15, -0.1) is 0 Å². The van der Waals surface area contributed by atoms with Gasteiger partial charge in [-0.05, 0) is 142 Å². The smallest absolute Gasteiger partial charge is 0.159 e. The van der Waals surface area contributed by atoms with Crippen LogP contribution in [-0.4, -0.2) is 0 Å². The third-order valence-electron chi connectivity index (χ3n) is 17.0. The van der Waals surface area contributed by atoms with E-state index < -0.39 is 10.8 Å². The Morgan fingerprint density at radius 2 is 0.708 bits per heavy atom. The summed E-state index contributed by atoms with van der Waals surface area (Å²) in [5, 5.41) is 4.71. The number of benzene rings is 11. The second-order valence-electron chi connectivity index (χ2n) is 21.4. The molecule has 2 nitrogen and oxygen atoms in total. The Labute approximate surface area is 419 Å². The molecule has 338 valence electrons. The third kappa shape index (κ3) is 4.85. The normalized spacial score (nSPS) is 14.5. The molecular weight excluding hydrogens is 871 g/mol. The maximum absolute atomic E-state index is 7.49. The number of para-hydroxylation sites is 1. The van der Waals surface area contributed by atoms with Crippen molar-refractivity contribution in [1.82, 2.24) is 0 Å². The van der Waals surface area contributed by atoms with Gasteiger partial charge in [0.1, 0.15) is 5.58 Å². The maximum Gasteiger partial charge on any atom is 0.159 e. The molecule has 1 heterocycles. The van der Waals surface area contributed by atoms with Crippen LogP contribution in [0.15, 0.2) is 235 Å². The van der Waals surface area contributed by atoms with Crippen molar-refractivity contribution in [2.45, 2.75) is 37.0 Å². The van der Waals surface area contributed by atoms with Crippen LogP contribution in [0, 0.1) is 0 Å². The minimum absolute atomic E-state index is 0.162. The molecule has 0 aliphatic heterocycles. The SMILES string of the molecule is CC(C)(C)c1cc2ccccc2c2c1oc1c(N(c3ccc4c(c3)C3(c5ccccc5-c5ccccc53)c3ccccc3-4)c3ccc4c(c3)C3(c5ccccc5-c5ccccc53)c3ccccc3-4)cccc12. The van der Waals surface area contributed by atoms with E-state index in [4.69, 9.17) is 4.42 Å². The molecule has 0 amide bonds. The van der Waals surface area contributed by atoms with Gasteiger partial charge in [0, 0.05) is 27.7 Å². The Hall–Kier alpha value is -8.72. The molecule has 2 spiro atoms. The molecule has 4 aliphatic rings. The minimum atomic E-state index is -0.506. The molecule has 0 bridgehead atoms. The Kier molecular flexibility index (Phi) is 7.78. The van der Waals surface area contributed by atoms with E-state index in [1.165, 1.54) is 111 Å². The second kappa shape index (κ2) is 14.0. The predicted octanol–water partition coefficient (Wildman–Crippen LogP) is 18.2. The minimum Gasteiger partial charge on any atom is -0.454 e. The number of fused-ring (bicyclic) bond motifs is 25. The van der Waals surface area contributed by atoms with Gasteiger partial charge in [0.25, 0.3) is 0 Å². The summed E-state index contributed by atoms with van der Waals surface area (Å²) in [4.78, 5) is 2.51. The van der Waals surface area contributed by atoms with E-state index in [1.807, 2.05) is 0 Å². The fourth-order valence-corrected chi connectivity index (χ4v) is 14.2. The lowest BCUT2D eigenvalue weighted by molar-refractivity contribution is 0.573. The summed E-state index contributed by atoms with van der Waals surface area (Å²) in [5.74, 6) is 0. The van der Waals surface area contributed by atoms with E-state index in [1.54, 1.807) is 0 Å². The first kappa shape index (κ1) is 40.1. The number of anilines is 3. The molecule has 12 aromatic rings. The number of furan rings is 1. The Bertz CT molecular complexity index is 4030. The van der Waals surface area contributed by atoms with E-state index >= 15 is 0 Å². The van der Waals surface area contributed by atoms with Crippen molar-refractivity contribution >= 4 is 49.8 Å². The first-order chi connectivity index (χ1) is 35.4. The van der Waals surface area contributed by atoms with Crippen molar-refractivity contribution in [3.05, 3.63) is 281 Å². The quantitative estimate of drug-likeness (QED) is 0.176. The van der Waals surface area contributed by atoms with Gasteiger partial charge in [-0.3, -0.25) is 0 Å². The van der Waals surface area contributed by atoms with Crippen LogP contribution in [0.3, 0.4) is 0 Å². The van der Waals surface area contributed by atoms with Gasteiger partial charge in [0.15, 0.2) is 5.58 Å². The molecule has 0 N–H and O–H groups in total. The maximum atomic E-state index is 7.49. The molecule has 0 unspecified atom stereocenters. The fourth-order valence-electron chi connectivity index (χ4n) is 14.2. The van der Waals surface area contributed by atoms with Gasteiger partial charge < -0.3 is 9.32 Å². The molecule has 72 heavy (non-hydrogen) atoms. The second-order valence-corrected chi connectivity index (χ2v) is 21.4. The third-order valence-corrected chi connectivity index (χ3v) is 17.0. The monoisotopic (exact) mass is 917 g/mol. The number of hydrogen-bond acceptors (Lipinski definition) is 2. The van der Waals surface area contributed by atoms with Crippen molar-refractivity contribution < 1.29 is 4.42 Å². The zero-order valence-electron chi connectivity index (χ0n) is 40.3. The average Bonchev–Trinajstić information content (AvgIpc) is 4.21. The number of nitrogens with zero attached hydrogens (tertiary/aromatic N) is 1. The Morgan fingerprint density at radius 1 is 0.333 bits per heavy atom. The molecule has 4 aliphatic carbocycles. The van der Waals surface area contributed by atoms with Crippen molar-refractivity contribution in [2.24, 2.45) is 0 Å². The van der Waals surface area contributed by atoms with E-state index in [0.29, 0.717) is 0 Å². The van der Waals surface area contributed by atoms with Crippen LogP contribution in [0.4, 0.5) is 17.1 Å². The van der Waals surface area contributed by atoms with Crippen LogP contribution in [0.5, 0.6) is 0 Å². The van der Waals surface area contributed by atoms with E-state index in [2.05, 4.69) is 256 Å². The highest BCUT2D eigenvalue weighted by Gasteiger charge is 2.53. The van der Waals surface area contributed by atoms with E-state index in [0.717, 1.165) is 33.6 Å². The Morgan fingerprint density at radius 3 is 1.14 bits per heavy atom. The highest BCUT2D eigenvalue weighted by molar-refractivity contribution is 6.22. The zero-order valence-corrected chi connectivity index (χ0v) is 40.3. The summed E-state index contributed by atoms with van der Waals surface area (Å²) in [6.07, 6.45) is 0. The van der Waals surface area contributed by atoms with Gasteiger partial charge in [-0.1, -0.05) is 215 Å². The van der Waals surface area contributed by atoms with Crippen molar-refractivity contribution in [3.63, 3.8) is 0 Å². The summed E-state index contributed by atoms with van der Waals surface area (Å²) in [5.41, 5.74) is 25.9. The summed E-state index contributed by atoms with van der Waals surface area (Å²) in [6, 6.07) is 87.1. The van der Waals surface area contributed by atoms with Gasteiger partial charge in [0.05, 0.1) is 16.5 Å². The topological polar surface area (TPSA) is 16.4 Å². The zero-order chi connectivity index (χ0) is 47.7. The molecule has 11 aromatic carbocycles. The molecular formula is C70H47NO. The number of rotatable bonds is 3. The summed E-state index contributed by atoms with van der Waals surface area (Å²) >= 11 is 0. The standard InChI is InChI=1S/C70H47NO/c1-68(2,3)63-39-42-19-4-5-20-45(42)65-54-27-18-34-64(66(54)72-67(63)65)71(43-35-37-52-50-25-10-16-32-59(50)69(61(52)40-43)55-28-12-6-21-46(55)47-22-7-13-29-56(47)69)44-36-38-53-51-26-11-17-33-60(51)70(62(53)41-44)57-30-14-8-23-48(57)49-24-9-15-31-58(49)70/h4-41H,1-3H3. The molecule has 0 radical (unpaired) electrons. The Balaban J connectivity index is 1.02. The lowest BCUT2D eigenvalue weighted by atomic mass is 9.70. The van der Waals surface area contributed by atoms with Crippen molar-refractivity contribution in [2.75, 3.05) is 4.90 Å². The molecule has 2 heteroatoms. The molecule has 0 saturated heterocycles. The first-order valence-corrected chi connectivity index (χ1v) is 25.4. The lowest BCUT2D eigenvalue weighted by Crippen LogP contribution is -2.26. The van der Waals surface area contributed by atoms with Gasteiger partial charge in [-0.25, -0.2) is 0 Å². The molecule has 0 atom stereocenters. The fraction of sp³-hybridized carbons (Fsp3) is 0.0857. The van der Waals surface area contributed by atoms with Crippen LogP contribution in [-0.2, 0) is 16.2 Å². The van der Waals surface area contributed by atoms with Crippen LogP contribution in [0.2, 0.25) is 0 Å². The van der Waals surface area contributed by atoms with Crippen LogP contribution in [0.1, 0.15) is 70.8 Å². The average molecular weight is 918 g/mol. The van der Waals surface area contributed by atoms with Gasteiger partial charge in [-0.2, -0.15) is 0 Å². The molecule has 1 aromatic heterocycles. The highest BCUT2D eigenvalue weighted by Crippen LogP contribution is 2.66. The number of hydrogen-bond donors (Lipinski definition) is 0. The van der Waals surface area contributed by atoms with E-state index in [9.17, 15) is 0 Å². The van der Waals surface area contributed by atoms with E-state index in [-0.39, 0.29) is 5.41 Å². The largest absolute Gasteiger partial charge is 0.454 e. The highest BCUT2D eigenvalue weighted by atomic mass is 16.3. The van der Waals surface area contributed by atoms with Crippen LogP contribution < -0.4 is 4.90 Å². The van der Waals surface area contributed by atoms with Crippen molar-refractivity contribution in [3.8, 4) is 44.5 Å². The molecule has 0 saturated carbocycles. The van der Waals surface area contributed by atoms with Crippen LogP contribution >= 0.6 is 0 Å². The summed E-state index contributed by atoms with van der Waals surface area (Å²) in [6.45, 7) is 6.89. The van der Waals surface area contributed by atoms with Crippen molar-refractivity contribution in [1.29, 1.82) is 0 Å². The predicted molar refractivity (Wildman–Crippen MR) is 297 cm³/mol. The summed E-state index contributed by atoms with van der Waals surface area (Å²) in [7, 11) is 0.